The van der Waals surface area contributed by atoms with Gasteiger partial charge < -0.3 is 10.5 Å². The third-order valence-corrected chi connectivity index (χ3v) is 3.94. The standard InChI is InChI=1S/C14H18N2OS/c1-10-6-4-5-7-11(10)17-9-13-16-8-12(18-13)14(2,3)15/h4-8H,9,15H2,1-3H3. The number of aryl methyl sites for hydroxylation is 1. The van der Waals surface area contributed by atoms with E-state index < -0.39 is 0 Å². The molecule has 0 unspecified atom stereocenters. The van der Waals surface area contributed by atoms with Crippen LogP contribution in [0, 0.1) is 6.92 Å². The first kappa shape index (κ1) is 13.1. The van der Waals surface area contributed by atoms with Crippen LogP contribution in [0.15, 0.2) is 30.5 Å². The fourth-order valence-electron chi connectivity index (χ4n) is 1.53. The molecule has 0 spiro atoms. The maximum absolute atomic E-state index is 6.03. The molecule has 1 aromatic carbocycles. The molecular formula is C14H18N2OS. The van der Waals surface area contributed by atoms with Gasteiger partial charge in [0, 0.05) is 16.6 Å². The van der Waals surface area contributed by atoms with Crippen molar-refractivity contribution in [2.24, 2.45) is 5.73 Å². The molecule has 18 heavy (non-hydrogen) atoms. The zero-order chi connectivity index (χ0) is 13.2. The molecule has 0 radical (unpaired) electrons. The summed E-state index contributed by atoms with van der Waals surface area (Å²) in [5.74, 6) is 0.904. The summed E-state index contributed by atoms with van der Waals surface area (Å²) in [4.78, 5) is 5.42. The Morgan fingerprint density at radius 1 is 1.33 bits per heavy atom. The molecule has 2 rings (SSSR count). The van der Waals surface area contributed by atoms with E-state index in [1.165, 1.54) is 0 Å². The maximum Gasteiger partial charge on any atom is 0.140 e. The minimum atomic E-state index is -0.335. The van der Waals surface area contributed by atoms with Gasteiger partial charge in [-0.2, -0.15) is 0 Å². The van der Waals surface area contributed by atoms with E-state index in [9.17, 15) is 0 Å². The van der Waals surface area contributed by atoms with Gasteiger partial charge in [0.05, 0.1) is 0 Å². The number of rotatable bonds is 4. The minimum Gasteiger partial charge on any atom is -0.486 e. The molecule has 4 heteroatoms. The lowest BCUT2D eigenvalue weighted by Gasteiger charge is -2.14. The highest BCUT2D eigenvalue weighted by Gasteiger charge is 2.17. The Balaban J connectivity index is 2.03. The molecule has 0 atom stereocenters. The average Bonchev–Trinajstić information content (AvgIpc) is 2.76. The number of benzene rings is 1. The van der Waals surface area contributed by atoms with Crippen LogP contribution in [0.3, 0.4) is 0 Å². The molecule has 3 nitrogen and oxygen atoms in total. The second kappa shape index (κ2) is 5.08. The SMILES string of the molecule is Cc1ccccc1OCc1ncc(C(C)(C)N)s1. The third kappa shape index (κ3) is 3.09. The highest BCUT2D eigenvalue weighted by Crippen LogP contribution is 2.25. The van der Waals surface area contributed by atoms with Crippen LogP contribution in [0.4, 0.5) is 0 Å². The first-order chi connectivity index (χ1) is 8.47. The van der Waals surface area contributed by atoms with Gasteiger partial charge in [-0.3, -0.25) is 0 Å². The number of hydrogen-bond acceptors (Lipinski definition) is 4. The van der Waals surface area contributed by atoms with Crippen molar-refractivity contribution in [2.45, 2.75) is 32.9 Å². The maximum atomic E-state index is 6.03. The van der Waals surface area contributed by atoms with Gasteiger partial charge in [0.2, 0.25) is 0 Å². The van der Waals surface area contributed by atoms with Crippen molar-refractivity contribution in [3.05, 3.63) is 45.9 Å². The largest absolute Gasteiger partial charge is 0.486 e. The van der Waals surface area contributed by atoms with Crippen molar-refractivity contribution in [3.8, 4) is 5.75 Å². The van der Waals surface area contributed by atoms with E-state index in [-0.39, 0.29) is 5.54 Å². The molecule has 96 valence electrons. The van der Waals surface area contributed by atoms with E-state index in [4.69, 9.17) is 10.5 Å². The van der Waals surface area contributed by atoms with Gasteiger partial charge in [0.1, 0.15) is 17.4 Å². The van der Waals surface area contributed by atoms with E-state index in [2.05, 4.69) is 4.98 Å². The number of hydrogen-bond donors (Lipinski definition) is 1. The van der Waals surface area contributed by atoms with Crippen molar-refractivity contribution in [1.29, 1.82) is 0 Å². The zero-order valence-corrected chi connectivity index (χ0v) is 11.8. The van der Waals surface area contributed by atoms with Gasteiger partial charge in [0.25, 0.3) is 0 Å². The molecular weight excluding hydrogens is 244 g/mol. The molecule has 0 aliphatic rings. The van der Waals surface area contributed by atoms with Gasteiger partial charge in [-0.25, -0.2) is 4.98 Å². The smallest absolute Gasteiger partial charge is 0.140 e. The molecule has 1 heterocycles. The summed E-state index contributed by atoms with van der Waals surface area (Å²) in [6.07, 6.45) is 1.83. The fourth-order valence-corrected chi connectivity index (χ4v) is 2.38. The topological polar surface area (TPSA) is 48.1 Å². The van der Waals surface area contributed by atoms with Gasteiger partial charge in [-0.15, -0.1) is 11.3 Å². The molecule has 0 fully saturated rings. The number of para-hydroxylation sites is 1. The van der Waals surface area contributed by atoms with Crippen LogP contribution in [0.2, 0.25) is 0 Å². The summed E-state index contributed by atoms with van der Waals surface area (Å²) in [5.41, 5.74) is 6.83. The Hall–Kier alpha value is -1.39. The van der Waals surface area contributed by atoms with Crippen LogP contribution in [0.1, 0.15) is 29.3 Å². The molecule has 0 saturated carbocycles. The van der Waals surface area contributed by atoms with Crippen molar-refractivity contribution in [1.82, 2.24) is 4.98 Å². The Bertz CT molecular complexity index is 529. The van der Waals surface area contributed by atoms with Gasteiger partial charge in [-0.1, -0.05) is 18.2 Å². The minimum absolute atomic E-state index is 0.335. The summed E-state index contributed by atoms with van der Waals surface area (Å²) in [5, 5.41) is 0.951. The molecule has 2 N–H and O–H groups in total. The quantitative estimate of drug-likeness (QED) is 0.920. The first-order valence-corrected chi connectivity index (χ1v) is 6.71. The number of ether oxygens (including phenoxy) is 1. The molecule has 0 bridgehead atoms. The van der Waals surface area contributed by atoms with Crippen molar-refractivity contribution >= 4 is 11.3 Å². The molecule has 2 aromatic rings. The number of thiazole rings is 1. The predicted molar refractivity (Wildman–Crippen MR) is 74.8 cm³/mol. The van der Waals surface area contributed by atoms with E-state index in [1.807, 2.05) is 51.2 Å². The monoisotopic (exact) mass is 262 g/mol. The van der Waals surface area contributed by atoms with Gasteiger partial charge >= 0.3 is 0 Å². The highest BCUT2D eigenvalue weighted by atomic mass is 32.1. The Labute approximate surface area is 112 Å². The summed E-state index contributed by atoms with van der Waals surface area (Å²) < 4.78 is 5.76. The van der Waals surface area contributed by atoms with Crippen LogP contribution >= 0.6 is 11.3 Å². The average molecular weight is 262 g/mol. The van der Waals surface area contributed by atoms with E-state index in [1.54, 1.807) is 11.3 Å². The van der Waals surface area contributed by atoms with Crippen molar-refractivity contribution in [2.75, 3.05) is 0 Å². The molecule has 0 saturated heterocycles. The Morgan fingerprint density at radius 3 is 2.67 bits per heavy atom. The number of aromatic nitrogens is 1. The lowest BCUT2D eigenvalue weighted by atomic mass is 10.1. The Morgan fingerprint density at radius 2 is 2.06 bits per heavy atom. The van der Waals surface area contributed by atoms with Crippen molar-refractivity contribution < 1.29 is 4.74 Å². The van der Waals surface area contributed by atoms with E-state index in [0.717, 1.165) is 21.2 Å². The third-order valence-electron chi connectivity index (χ3n) is 2.63. The van der Waals surface area contributed by atoms with Gasteiger partial charge in [0.15, 0.2) is 0 Å². The zero-order valence-electron chi connectivity index (χ0n) is 10.9. The lowest BCUT2D eigenvalue weighted by Crippen LogP contribution is -2.27. The second-order valence-electron chi connectivity index (χ2n) is 4.89. The van der Waals surface area contributed by atoms with Crippen LogP contribution in [-0.2, 0) is 12.1 Å². The summed E-state index contributed by atoms with van der Waals surface area (Å²) in [6, 6.07) is 7.97. The molecule has 0 amide bonds. The summed E-state index contributed by atoms with van der Waals surface area (Å²) in [6.45, 7) is 6.48. The van der Waals surface area contributed by atoms with Crippen LogP contribution in [0.5, 0.6) is 5.75 Å². The molecule has 1 aromatic heterocycles. The van der Waals surface area contributed by atoms with Crippen LogP contribution in [0.25, 0.3) is 0 Å². The molecule has 0 aliphatic carbocycles. The summed E-state index contributed by atoms with van der Waals surface area (Å²) in [7, 11) is 0. The predicted octanol–water partition coefficient (Wildman–Crippen LogP) is 3.22. The summed E-state index contributed by atoms with van der Waals surface area (Å²) >= 11 is 1.60. The normalized spacial score (nSPS) is 11.6. The fraction of sp³-hybridized carbons (Fsp3) is 0.357. The van der Waals surface area contributed by atoms with Crippen molar-refractivity contribution in [3.63, 3.8) is 0 Å². The number of nitrogens with two attached hydrogens (primary N) is 1. The van der Waals surface area contributed by atoms with Crippen LogP contribution in [-0.4, -0.2) is 4.98 Å². The lowest BCUT2D eigenvalue weighted by molar-refractivity contribution is 0.303. The van der Waals surface area contributed by atoms with E-state index in [0.29, 0.717) is 6.61 Å². The second-order valence-corrected chi connectivity index (χ2v) is 6.01. The van der Waals surface area contributed by atoms with Gasteiger partial charge in [-0.05, 0) is 32.4 Å². The highest BCUT2D eigenvalue weighted by molar-refractivity contribution is 7.11. The van der Waals surface area contributed by atoms with Crippen LogP contribution < -0.4 is 10.5 Å². The first-order valence-electron chi connectivity index (χ1n) is 5.89. The molecule has 0 aliphatic heterocycles. The van der Waals surface area contributed by atoms with E-state index >= 15 is 0 Å². The Kier molecular flexibility index (Phi) is 3.68. The number of nitrogens with zero attached hydrogens (tertiary/aromatic N) is 1.